The number of ether oxygens (including phenoxy) is 2. The Morgan fingerprint density at radius 1 is 1.08 bits per heavy atom. The average molecular weight is 365 g/mol. The number of hydrogen-bond acceptors (Lipinski definition) is 4. The van der Waals surface area contributed by atoms with Crippen molar-refractivity contribution < 1.29 is 14.3 Å². The Morgan fingerprint density at radius 3 is 2.52 bits per heavy atom. The molecule has 0 spiro atoms. The number of carbonyl (C=O) groups excluding carboxylic acids is 1. The van der Waals surface area contributed by atoms with Crippen LogP contribution in [0.3, 0.4) is 0 Å². The van der Waals surface area contributed by atoms with E-state index in [4.69, 9.17) is 9.47 Å². The number of halogens is 1. The van der Waals surface area contributed by atoms with E-state index in [0.29, 0.717) is 30.2 Å². The van der Waals surface area contributed by atoms with Crippen molar-refractivity contribution in [2.24, 2.45) is 0 Å². The maximum absolute atomic E-state index is 12.5. The Balaban J connectivity index is 0.00000312. The molecule has 0 aliphatic rings. The summed E-state index contributed by atoms with van der Waals surface area (Å²) >= 11 is 0. The van der Waals surface area contributed by atoms with Gasteiger partial charge >= 0.3 is 0 Å². The highest BCUT2D eigenvalue weighted by Gasteiger charge is 2.12. The Labute approximate surface area is 155 Å². The molecular weight excluding hydrogens is 340 g/mol. The Hall–Kier alpha value is -2.24. The maximum Gasteiger partial charge on any atom is 0.255 e. The number of carbonyl (C=O) groups is 1. The van der Waals surface area contributed by atoms with Crippen LogP contribution in [-0.2, 0) is 6.54 Å². The van der Waals surface area contributed by atoms with Gasteiger partial charge in [0.2, 0.25) is 0 Å². The van der Waals surface area contributed by atoms with E-state index in [1.807, 2.05) is 38.1 Å². The minimum absolute atomic E-state index is 0. The molecule has 6 heteroatoms. The fourth-order valence-corrected chi connectivity index (χ4v) is 2.33. The number of methoxy groups -OCH3 is 1. The second kappa shape index (κ2) is 10.6. The van der Waals surface area contributed by atoms with Crippen LogP contribution < -0.4 is 20.1 Å². The van der Waals surface area contributed by atoms with Gasteiger partial charge in [-0.05, 0) is 43.3 Å². The highest BCUT2D eigenvalue weighted by Crippen LogP contribution is 2.28. The largest absolute Gasteiger partial charge is 0.493 e. The quantitative estimate of drug-likeness (QED) is 0.746. The molecule has 5 nitrogen and oxygen atoms in total. The van der Waals surface area contributed by atoms with Crippen molar-refractivity contribution >= 4 is 24.0 Å². The van der Waals surface area contributed by atoms with Gasteiger partial charge in [0.15, 0.2) is 11.5 Å². The van der Waals surface area contributed by atoms with Gasteiger partial charge in [0, 0.05) is 17.8 Å². The molecule has 0 heterocycles. The normalized spacial score (nSPS) is 9.88. The van der Waals surface area contributed by atoms with Crippen LogP contribution in [0.4, 0.5) is 5.69 Å². The van der Waals surface area contributed by atoms with Gasteiger partial charge in [-0.15, -0.1) is 12.4 Å². The van der Waals surface area contributed by atoms with Crippen molar-refractivity contribution in [1.29, 1.82) is 0 Å². The zero-order valence-corrected chi connectivity index (χ0v) is 15.6. The Morgan fingerprint density at radius 2 is 1.84 bits per heavy atom. The molecule has 0 unspecified atom stereocenters. The van der Waals surface area contributed by atoms with E-state index in [9.17, 15) is 4.79 Å². The van der Waals surface area contributed by atoms with Gasteiger partial charge in [-0.25, -0.2) is 0 Å². The monoisotopic (exact) mass is 364 g/mol. The van der Waals surface area contributed by atoms with Crippen molar-refractivity contribution in [1.82, 2.24) is 5.32 Å². The van der Waals surface area contributed by atoms with E-state index in [1.165, 1.54) is 0 Å². The first-order valence-electron chi connectivity index (χ1n) is 8.10. The van der Waals surface area contributed by atoms with Crippen LogP contribution >= 0.6 is 12.4 Å². The first kappa shape index (κ1) is 20.8. The molecule has 2 aromatic carbocycles. The van der Waals surface area contributed by atoms with Crippen molar-refractivity contribution in [3.05, 3.63) is 53.6 Å². The van der Waals surface area contributed by atoms with Crippen LogP contribution in [0.2, 0.25) is 0 Å². The van der Waals surface area contributed by atoms with E-state index in [-0.39, 0.29) is 18.3 Å². The minimum Gasteiger partial charge on any atom is -0.493 e. The van der Waals surface area contributed by atoms with E-state index in [0.717, 1.165) is 17.8 Å². The molecule has 0 radical (unpaired) electrons. The molecule has 1 amide bonds. The van der Waals surface area contributed by atoms with Crippen LogP contribution in [0.5, 0.6) is 11.5 Å². The molecule has 0 aliphatic heterocycles. The lowest BCUT2D eigenvalue weighted by atomic mass is 10.1. The highest BCUT2D eigenvalue weighted by molar-refractivity contribution is 6.05. The van der Waals surface area contributed by atoms with Crippen molar-refractivity contribution in [2.75, 3.05) is 25.6 Å². The summed E-state index contributed by atoms with van der Waals surface area (Å²) in [6.07, 6.45) is 0. The first-order valence-corrected chi connectivity index (χ1v) is 8.10. The minimum atomic E-state index is -0.180. The van der Waals surface area contributed by atoms with E-state index >= 15 is 0 Å². The summed E-state index contributed by atoms with van der Waals surface area (Å²) in [5.41, 5.74) is 2.37. The zero-order valence-electron chi connectivity index (χ0n) is 14.8. The number of para-hydroxylation sites is 1. The Bertz CT molecular complexity index is 692. The summed E-state index contributed by atoms with van der Waals surface area (Å²) in [5.74, 6) is 0.995. The van der Waals surface area contributed by atoms with Crippen LogP contribution in [-0.4, -0.2) is 26.2 Å². The fraction of sp³-hybridized carbons (Fsp3) is 0.316. The molecule has 0 aromatic heterocycles. The SMILES string of the molecule is CCNCc1ccccc1NC(=O)c1ccc(OCC)c(OC)c1.Cl. The number of amides is 1. The summed E-state index contributed by atoms with van der Waals surface area (Å²) < 4.78 is 10.8. The molecule has 0 saturated heterocycles. The molecule has 0 saturated carbocycles. The summed E-state index contributed by atoms with van der Waals surface area (Å²) in [6.45, 7) is 6.08. The number of anilines is 1. The third-order valence-electron chi connectivity index (χ3n) is 3.56. The predicted molar refractivity (Wildman–Crippen MR) is 103 cm³/mol. The van der Waals surface area contributed by atoms with Gasteiger partial charge in [0.05, 0.1) is 13.7 Å². The molecule has 0 aliphatic carbocycles. The molecule has 0 fully saturated rings. The lowest BCUT2D eigenvalue weighted by Crippen LogP contribution is -2.17. The number of nitrogens with one attached hydrogen (secondary N) is 2. The first-order chi connectivity index (χ1) is 11.7. The van der Waals surface area contributed by atoms with Crippen molar-refractivity contribution in [2.45, 2.75) is 20.4 Å². The van der Waals surface area contributed by atoms with Gasteiger partial charge in [0.1, 0.15) is 0 Å². The molecule has 0 atom stereocenters. The van der Waals surface area contributed by atoms with Crippen LogP contribution in [0, 0.1) is 0 Å². The smallest absolute Gasteiger partial charge is 0.255 e. The lowest BCUT2D eigenvalue weighted by Gasteiger charge is -2.13. The zero-order chi connectivity index (χ0) is 17.4. The van der Waals surface area contributed by atoms with Crippen LogP contribution in [0.15, 0.2) is 42.5 Å². The van der Waals surface area contributed by atoms with Gasteiger partial charge < -0.3 is 20.1 Å². The predicted octanol–water partition coefficient (Wildman–Crippen LogP) is 3.88. The van der Waals surface area contributed by atoms with E-state index in [1.54, 1.807) is 25.3 Å². The van der Waals surface area contributed by atoms with Crippen molar-refractivity contribution in [3.63, 3.8) is 0 Å². The third-order valence-corrected chi connectivity index (χ3v) is 3.56. The lowest BCUT2D eigenvalue weighted by molar-refractivity contribution is 0.102. The van der Waals surface area contributed by atoms with E-state index in [2.05, 4.69) is 10.6 Å². The Kier molecular flexibility index (Phi) is 8.81. The van der Waals surface area contributed by atoms with Gasteiger partial charge in [-0.3, -0.25) is 4.79 Å². The molecule has 2 aromatic rings. The fourth-order valence-electron chi connectivity index (χ4n) is 2.33. The van der Waals surface area contributed by atoms with Gasteiger partial charge in [-0.1, -0.05) is 25.1 Å². The summed E-state index contributed by atoms with van der Waals surface area (Å²) in [4.78, 5) is 12.5. The number of benzene rings is 2. The van der Waals surface area contributed by atoms with Crippen molar-refractivity contribution in [3.8, 4) is 11.5 Å². The van der Waals surface area contributed by atoms with Crippen LogP contribution in [0.1, 0.15) is 29.8 Å². The standard InChI is InChI=1S/C19H24N2O3.ClH/c1-4-20-13-15-8-6-7-9-16(15)21-19(22)14-10-11-17(24-5-2)18(12-14)23-3;/h6-12,20H,4-5,13H2,1-3H3,(H,21,22);1H. The molecule has 0 bridgehead atoms. The number of rotatable bonds is 8. The molecule has 136 valence electrons. The van der Waals surface area contributed by atoms with Gasteiger partial charge in [-0.2, -0.15) is 0 Å². The summed E-state index contributed by atoms with van der Waals surface area (Å²) in [5, 5.41) is 6.23. The maximum atomic E-state index is 12.5. The van der Waals surface area contributed by atoms with E-state index < -0.39 is 0 Å². The number of hydrogen-bond donors (Lipinski definition) is 2. The topological polar surface area (TPSA) is 59.6 Å². The molecular formula is C19H25ClN2O3. The summed E-state index contributed by atoms with van der Waals surface area (Å²) in [6, 6.07) is 12.9. The highest BCUT2D eigenvalue weighted by atomic mass is 35.5. The molecule has 25 heavy (non-hydrogen) atoms. The third kappa shape index (κ3) is 5.66. The second-order valence-electron chi connectivity index (χ2n) is 5.19. The summed E-state index contributed by atoms with van der Waals surface area (Å²) in [7, 11) is 1.56. The average Bonchev–Trinajstić information content (AvgIpc) is 2.61. The second-order valence-corrected chi connectivity index (χ2v) is 5.19. The van der Waals surface area contributed by atoms with Gasteiger partial charge in [0.25, 0.3) is 5.91 Å². The van der Waals surface area contributed by atoms with Crippen LogP contribution in [0.25, 0.3) is 0 Å². The molecule has 2 rings (SSSR count). The molecule has 2 N–H and O–H groups in total.